The molecular weight excluding hydrogens is 426 g/mol. The molecule has 1 aliphatic heterocycles. The van der Waals surface area contributed by atoms with E-state index in [1.54, 1.807) is 31.2 Å². The molecule has 0 radical (unpaired) electrons. The van der Waals surface area contributed by atoms with Crippen LogP contribution in [0.5, 0.6) is 0 Å². The minimum atomic E-state index is -3.73. The van der Waals surface area contributed by atoms with Crippen molar-refractivity contribution in [1.82, 2.24) is 4.31 Å². The number of nitrogens with zero attached hydrogens (tertiary/aromatic N) is 2. The number of rotatable bonds is 6. The number of amides is 2. The Bertz CT molecular complexity index is 1240. The van der Waals surface area contributed by atoms with Crippen molar-refractivity contribution in [2.45, 2.75) is 18.4 Å². The standard InChI is InChI=1S/C24H23N3O4S/c1-2-26(16-18-8-4-3-5-9-18)32(30,31)20-14-12-19(13-15-20)24(29)27-17-23(28)25-21-10-6-7-11-22(21)27/h3-15H,2,16-17H2,1H3,(H,25,28). The van der Waals surface area contributed by atoms with Crippen molar-refractivity contribution in [3.8, 4) is 0 Å². The molecule has 3 aromatic carbocycles. The predicted octanol–water partition coefficient (Wildman–Crippen LogP) is 3.50. The van der Waals surface area contributed by atoms with Gasteiger partial charge >= 0.3 is 0 Å². The third-order valence-corrected chi connectivity index (χ3v) is 7.24. The minimum Gasteiger partial charge on any atom is -0.323 e. The first kappa shape index (κ1) is 21.7. The minimum absolute atomic E-state index is 0.101. The van der Waals surface area contributed by atoms with Gasteiger partial charge in [-0.25, -0.2) is 8.42 Å². The molecule has 4 rings (SSSR count). The molecule has 3 aromatic rings. The van der Waals surface area contributed by atoms with E-state index in [1.807, 2.05) is 30.3 Å². The highest BCUT2D eigenvalue weighted by Crippen LogP contribution is 2.30. The van der Waals surface area contributed by atoms with Gasteiger partial charge in [0.25, 0.3) is 5.91 Å². The summed E-state index contributed by atoms with van der Waals surface area (Å²) in [5.74, 6) is -0.649. The summed E-state index contributed by atoms with van der Waals surface area (Å²) >= 11 is 0. The fourth-order valence-electron chi connectivity index (χ4n) is 3.64. The molecule has 32 heavy (non-hydrogen) atoms. The molecule has 0 spiro atoms. The van der Waals surface area contributed by atoms with Crippen molar-refractivity contribution in [3.63, 3.8) is 0 Å². The van der Waals surface area contributed by atoms with E-state index in [2.05, 4.69) is 5.32 Å². The molecule has 0 aromatic heterocycles. The number of hydrogen-bond acceptors (Lipinski definition) is 4. The second-order valence-corrected chi connectivity index (χ2v) is 9.34. The van der Waals surface area contributed by atoms with Crippen LogP contribution < -0.4 is 10.2 Å². The molecule has 1 aliphatic rings. The van der Waals surface area contributed by atoms with Crippen LogP contribution in [0.15, 0.2) is 83.8 Å². The number of carbonyl (C=O) groups is 2. The Labute approximate surface area is 187 Å². The van der Waals surface area contributed by atoms with E-state index in [0.29, 0.717) is 23.5 Å². The van der Waals surface area contributed by atoms with Gasteiger partial charge in [-0.05, 0) is 42.0 Å². The third kappa shape index (κ3) is 4.28. The van der Waals surface area contributed by atoms with E-state index in [-0.39, 0.29) is 29.8 Å². The van der Waals surface area contributed by atoms with Gasteiger partial charge in [0.15, 0.2) is 0 Å². The normalized spacial score (nSPS) is 13.6. The van der Waals surface area contributed by atoms with Crippen molar-refractivity contribution in [2.24, 2.45) is 0 Å². The molecule has 164 valence electrons. The molecule has 7 nitrogen and oxygen atoms in total. The van der Waals surface area contributed by atoms with Gasteiger partial charge in [0.2, 0.25) is 15.9 Å². The van der Waals surface area contributed by atoms with Gasteiger partial charge in [-0.3, -0.25) is 14.5 Å². The summed E-state index contributed by atoms with van der Waals surface area (Å²) in [5, 5.41) is 2.75. The van der Waals surface area contributed by atoms with E-state index in [9.17, 15) is 18.0 Å². The second kappa shape index (κ2) is 8.94. The highest BCUT2D eigenvalue weighted by molar-refractivity contribution is 7.89. The van der Waals surface area contributed by atoms with Crippen molar-refractivity contribution < 1.29 is 18.0 Å². The van der Waals surface area contributed by atoms with Crippen LogP contribution in [0.4, 0.5) is 11.4 Å². The first-order chi connectivity index (χ1) is 15.4. The first-order valence-corrected chi connectivity index (χ1v) is 11.7. The lowest BCUT2D eigenvalue weighted by Gasteiger charge is -2.29. The zero-order chi connectivity index (χ0) is 22.7. The quantitative estimate of drug-likeness (QED) is 0.624. The van der Waals surface area contributed by atoms with E-state index >= 15 is 0 Å². The maximum atomic E-state index is 13.1. The largest absolute Gasteiger partial charge is 0.323 e. The molecule has 1 N–H and O–H groups in total. The van der Waals surface area contributed by atoms with Crippen LogP contribution in [0.2, 0.25) is 0 Å². The van der Waals surface area contributed by atoms with Crippen molar-refractivity contribution in [1.29, 1.82) is 0 Å². The molecular formula is C24H23N3O4S. The number of sulfonamides is 1. The Morgan fingerprint density at radius 1 is 0.969 bits per heavy atom. The van der Waals surface area contributed by atoms with Crippen molar-refractivity contribution in [2.75, 3.05) is 23.3 Å². The molecule has 2 amide bonds. The molecule has 1 heterocycles. The lowest BCUT2D eigenvalue weighted by molar-refractivity contribution is -0.115. The Morgan fingerprint density at radius 2 is 1.62 bits per heavy atom. The number of nitrogens with one attached hydrogen (secondary N) is 1. The summed E-state index contributed by atoms with van der Waals surface area (Å²) in [6.45, 7) is 2.27. The van der Waals surface area contributed by atoms with Crippen molar-refractivity contribution >= 4 is 33.2 Å². The van der Waals surface area contributed by atoms with Crippen LogP contribution in [0.1, 0.15) is 22.8 Å². The molecule has 0 aliphatic carbocycles. The Morgan fingerprint density at radius 3 is 2.31 bits per heavy atom. The maximum absolute atomic E-state index is 13.1. The number of carbonyl (C=O) groups excluding carboxylic acids is 2. The van der Waals surface area contributed by atoms with Crippen LogP contribution in [0.3, 0.4) is 0 Å². The number of benzene rings is 3. The lowest BCUT2D eigenvalue weighted by Crippen LogP contribution is -2.42. The monoisotopic (exact) mass is 449 g/mol. The third-order valence-electron chi connectivity index (χ3n) is 5.31. The van der Waals surface area contributed by atoms with Gasteiger partial charge in [-0.2, -0.15) is 4.31 Å². The number of fused-ring (bicyclic) bond motifs is 1. The van der Waals surface area contributed by atoms with E-state index in [0.717, 1.165) is 5.56 Å². The maximum Gasteiger partial charge on any atom is 0.258 e. The lowest BCUT2D eigenvalue weighted by atomic mass is 10.1. The zero-order valence-electron chi connectivity index (χ0n) is 17.6. The molecule has 0 unspecified atom stereocenters. The Kier molecular flexibility index (Phi) is 6.07. The zero-order valence-corrected chi connectivity index (χ0v) is 18.4. The molecule has 0 saturated carbocycles. The number of para-hydroxylation sites is 2. The van der Waals surface area contributed by atoms with Gasteiger partial charge in [-0.15, -0.1) is 0 Å². The van der Waals surface area contributed by atoms with Gasteiger partial charge < -0.3 is 5.32 Å². The SMILES string of the molecule is CCN(Cc1ccccc1)S(=O)(=O)c1ccc(C(=O)N2CC(=O)Nc3ccccc32)cc1. The van der Waals surface area contributed by atoms with Gasteiger partial charge in [0, 0.05) is 18.7 Å². The van der Waals surface area contributed by atoms with Gasteiger partial charge in [0.05, 0.1) is 16.3 Å². The number of anilines is 2. The average molecular weight is 450 g/mol. The molecule has 8 heteroatoms. The summed E-state index contributed by atoms with van der Waals surface area (Å²) in [5.41, 5.74) is 2.37. The molecule has 0 bridgehead atoms. The predicted molar refractivity (Wildman–Crippen MR) is 123 cm³/mol. The van der Waals surface area contributed by atoms with E-state index in [4.69, 9.17) is 0 Å². The first-order valence-electron chi connectivity index (χ1n) is 10.2. The summed E-state index contributed by atoms with van der Waals surface area (Å²) < 4.78 is 27.7. The number of hydrogen-bond donors (Lipinski definition) is 1. The fraction of sp³-hybridized carbons (Fsp3) is 0.167. The Hall–Kier alpha value is -3.49. The average Bonchev–Trinajstić information content (AvgIpc) is 2.82. The van der Waals surface area contributed by atoms with Crippen LogP contribution >= 0.6 is 0 Å². The summed E-state index contributed by atoms with van der Waals surface area (Å²) in [7, 11) is -3.73. The highest BCUT2D eigenvalue weighted by Gasteiger charge is 2.28. The summed E-state index contributed by atoms with van der Waals surface area (Å²) in [6.07, 6.45) is 0. The van der Waals surface area contributed by atoms with Crippen LogP contribution in [0, 0.1) is 0 Å². The molecule has 0 saturated heterocycles. The fourth-order valence-corrected chi connectivity index (χ4v) is 5.08. The smallest absolute Gasteiger partial charge is 0.258 e. The van der Waals surface area contributed by atoms with Crippen LogP contribution in [-0.2, 0) is 21.4 Å². The van der Waals surface area contributed by atoms with Crippen LogP contribution in [-0.4, -0.2) is 37.6 Å². The second-order valence-electron chi connectivity index (χ2n) is 7.40. The van der Waals surface area contributed by atoms with Crippen LogP contribution in [0.25, 0.3) is 0 Å². The Balaban J connectivity index is 1.57. The van der Waals surface area contributed by atoms with E-state index < -0.39 is 10.0 Å². The van der Waals surface area contributed by atoms with Gasteiger partial charge in [0.1, 0.15) is 6.54 Å². The van der Waals surface area contributed by atoms with Gasteiger partial charge in [-0.1, -0.05) is 49.4 Å². The molecule has 0 atom stereocenters. The van der Waals surface area contributed by atoms with E-state index in [1.165, 1.54) is 33.5 Å². The molecule has 0 fully saturated rings. The van der Waals surface area contributed by atoms with Crippen molar-refractivity contribution in [3.05, 3.63) is 90.0 Å². The summed E-state index contributed by atoms with van der Waals surface area (Å²) in [6, 6.07) is 22.3. The highest BCUT2D eigenvalue weighted by atomic mass is 32.2. The summed E-state index contributed by atoms with van der Waals surface area (Å²) in [4.78, 5) is 26.6. The topological polar surface area (TPSA) is 86.8 Å².